The number of aromatic nitrogens is 2. The monoisotopic (exact) mass is 345 g/mol. The Morgan fingerprint density at radius 3 is 3.08 bits per heavy atom. The van der Waals surface area contributed by atoms with E-state index in [1.54, 1.807) is 31.4 Å². The zero-order valence-corrected chi connectivity index (χ0v) is 14.5. The first-order chi connectivity index (χ1) is 12.2. The fourth-order valence-corrected chi connectivity index (χ4v) is 3.41. The van der Waals surface area contributed by atoms with Gasteiger partial charge in [-0.2, -0.15) is 5.10 Å². The third kappa shape index (κ3) is 4.25. The standard InChI is InChI=1S/C19H24FN3O2/c1-25-11-5-7-14-6-4-10-23(13-14)19(24)18-12-17(21-22-18)15-8-2-3-9-16(15)20/h2-3,8-9,12,14H,4-7,10-11,13H2,1H3,(H,21,22)/t14-/m1/s1. The number of aromatic amines is 1. The summed E-state index contributed by atoms with van der Waals surface area (Å²) in [6.07, 6.45) is 4.25. The van der Waals surface area contributed by atoms with E-state index in [-0.39, 0.29) is 11.7 Å². The molecule has 1 fully saturated rings. The van der Waals surface area contributed by atoms with Crippen LogP contribution < -0.4 is 0 Å². The van der Waals surface area contributed by atoms with Gasteiger partial charge in [0, 0.05) is 32.4 Å². The van der Waals surface area contributed by atoms with Crippen molar-refractivity contribution in [3.05, 3.63) is 41.8 Å². The number of carbonyl (C=O) groups is 1. The molecule has 0 bridgehead atoms. The number of piperidine rings is 1. The zero-order valence-electron chi connectivity index (χ0n) is 14.5. The van der Waals surface area contributed by atoms with E-state index >= 15 is 0 Å². The highest BCUT2D eigenvalue weighted by Gasteiger charge is 2.25. The first kappa shape index (κ1) is 17.6. The SMILES string of the molecule is COCCC[C@H]1CCCN(C(=O)c2cc(-c3ccccc3F)n[nH]2)C1. The Labute approximate surface area is 147 Å². The number of nitrogens with one attached hydrogen (secondary N) is 1. The maximum absolute atomic E-state index is 13.9. The van der Waals surface area contributed by atoms with E-state index in [1.807, 2.05) is 4.90 Å². The van der Waals surface area contributed by atoms with Crippen molar-refractivity contribution in [2.45, 2.75) is 25.7 Å². The van der Waals surface area contributed by atoms with Crippen LogP contribution in [0.1, 0.15) is 36.2 Å². The van der Waals surface area contributed by atoms with Crippen LogP contribution in [-0.4, -0.2) is 47.8 Å². The fraction of sp³-hybridized carbons (Fsp3) is 0.474. The molecule has 1 aromatic heterocycles. The van der Waals surface area contributed by atoms with Gasteiger partial charge in [0.05, 0.1) is 5.69 Å². The Bertz CT molecular complexity index is 716. The number of carbonyl (C=O) groups excluding carboxylic acids is 1. The Morgan fingerprint density at radius 2 is 2.28 bits per heavy atom. The lowest BCUT2D eigenvalue weighted by Crippen LogP contribution is -2.40. The summed E-state index contributed by atoms with van der Waals surface area (Å²) in [6.45, 7) is 2.28. The summed E-state index contributed by atoms with van der Waals surface area (Å²) < 4.78 is 19.0. The molecular weight excluding hydrogens is 321 g/mol. The van der Waals surface area contributed by atoms with Crippen LogP contribution in [0.5, 0.6) is 0 Å². The van der Waals surface area contributed by atoms with Crippen molar-refractivity contribution in [1.29, 1.82) is 0 Å². The number of rotatable bonds is 6. The average Bonchev–Trinajstić information content (AvgIpc) is 3.12. The highest BCUT2D eigenvalue weighted by molar-refractivity contribution is 5.93. The zero-order chi connectivity index (χ0) is 17.6. The van der Waals surface area contributed by atoms with Crippen molar-refractivity contribution < 1.29 is 13.9 Å². The number of halogens is 1. The van der Waals surface area contributed by atoms with Gasteiger partial charge in [0.1, 0.15) is 11.5 Å². The lowest BCUT2D eigenvalue weighted by Gasteiger charge is -2.32. The van der Waals surface area contributed by atoms with Crippen LogP contribution in [0.3, 0.4) is 0 Å². The average molecular weight is 345 g/mol. The van der Waals surface area contributed by atoms with Gasteiger partial charge in [-0.25, -0.2) is 4.39 Å². The Hall–Kier alpha value is -2.21. The molecule has 1 atom stereocenters. The van der Waals surface area contributed by atoms with Gasteiger partial charge >= 0.3 is 0 Å². The van der Waals surface area contributed by atoms with E-state index in [1.165, 1.54) is 6.07 Å². The van der Waals surface area contributed by atoms with Gasteiger partial charge in [0.2, 0.25) is 0 Å². The smallest absolute Gasteiger partial charge is 0.271 e. The minimum absolute atomic E-state index is 0.0634. The van der Waals surface area contributed by atoms with E-state index in [0.29, 0.717) is 22.9 Å². The van der Waals surface area contributed by atoms with E-state index in [9.17, 15) is 9.18 Å². The van der Waals surface area contributed by atoms with Crippen LogP contribution in [0.2, 0.25) is 0 Å². The minimum atomic E-state index is -0.343. The summed E-state index contributed by atoms with van der Waals surface area (Å²) in [6, 6.07) is 8.07. The van der Waals surface area contributed by atoms with Gasteiger partial charge in [-0.05, 0) is 49.8 Å². The molecule has 2 aromatic rings. The quantitative estimate of drug-likeness (QED) is 0.815. The molecule has 1 saturated heterocycles. The van der Waals surface area contributed by atoms with Crippen molar-refractivity contribution in [3.8, 4) is 11.3 Å². The second kappa shape index (κ2) is 8.25. The Morgan fingerprint density at radius 1 is 1.44 bits per heavy atom. The molecule has 0 spiro atoms. The molecule has 0 radical (unpaired) electrons. The molecule has 25 heavy (non-hydrogen) atoms. The van der Waals surface area contributed by atoms with E-state index in [2.05, 4.69) is 10.2 Å². The molecule has 2 heterocycles. The van der Waals surface area contributed by atoms with Gasteiger partial charge in [-0.1, -0.05) is 12.1 Å². The molecule has 6 heteroatoms. The fourth-order valence-electron chi connectivity index (χ4n) is 3.41. The molecular formula is C19H24FN3O2. The van der Waals surface area contributed by atoms with Gasteiger partial charge in [-0.15, -0.1) is 0 Å². The third-order valence-corrected chi connectivity index (χ3v) is 4.73. The second-order valence-corrected chi connectivity index (χ2v) is 6.54. The summed E-state index contributed by atoms with van der Waals surface area (Å²) in [4.78, 5) is 14.6. The molecule has 1 aromatic carbocycles. The van der Waals surface area contributed by atoms with Crippen molar-refractivity contribution in [1.82, 2.24) is 15.1 Å². The summed E-state index contributed by atoms with van der Waals surface area (Å²) >= 11 is 0. The highest BCUT2D eigenvalue weighted by atomic mass is 19.1. The molecule has 0 aliphatic carbocycles. The molecule has 0 unspecified atom stereocenters. The van der Waals surface area contributed by atoms with Crippen LogP contribution >= 0.6 is 0 Å². The van der Waals surface area contributed by atoms with E-state index in [0.717, 1.165) is 45.4 Å². The third-order valence-electron chi connectivity index (χ3n) is 4.73. The maximum atomic E-state index is 13.9. The molecule has 3 rings (SSSR count). The van der Waals surface area contributed by atoms with E-state index < -0.39 is 0 Å². The first-order valence-corrected chi connectivity index (χ1v) is 8.77. The largest absolute Gasteiger partial charge is 0.385 e. The normalized spacial score (nSPS) is 17.7. The van der Waals surface area contributed by atoms with Crippen LogP contribution in [-0.2, 0) is 4.74 Å². The maximum Gasteiger partial charge on any atom is 0.271 e. The number of hydrogen-bond acceptors (Lipinski definition) is 3. The van der Waals surface area contributed by atoms with Crippen molar-refractivity contribution in [2.75, 3.05) is 26.8 Å². The minimum Gasteiger partial charge on any atom is -0.385 e. The number of ether oxygens (including phenoxy) is 1. The first-order valence-electron chi connectivity index (χ1n) is 8.77. The predicted molar refractivity (Wildman–Crippen MR) is 93.7 cm³/mol. The van der Waals surface area contributed by atoms with E-state index in [4.69, 9.17) is 4.74 Å². The van der Waals surface area contributed by atoms with Gasteiger partial charge in [-0.3, -0.25) is 9.89 Å². The van der Waals surface area contributed by atoms with Crippen LogP contribution in [0, 0.1) is 11.7 Å². The number of amides is 1. The molecule has 1 amide bonds. The van der Waals surface area contributed by atoms with Gasteiger partial charge in [0.25, 0.3) is 5.91 Å². The number of benzene rings is 1. The summed E-state index contributed by atoms with van der Waals surface area (Å²) in [7, 11) is 1.71. The van der Waals surface area contributed by atoms with Crippen molar-refractivity contribution in [3.63, 3.8) is 0 Å². The molecule has 5 nitrogen and oxygen atoms in total. The number of nitrogens with zero attached hydrogens (tertiary/aromatic N) is 2. The molecule has 134 valence electrons. The van der Waals surface area contributed by atoms with Gasteiger partial charge in [0.15, 0.2) is 0 Å². The highest BCUT2D eigenvalue weighted by Crippen LogP contribution is 2.24. The van der Waals surface area contributed by atoms with Crippen molar-refractivity contribution in [2.24, 2.45) is 5.92 Å². The van der Waals surface area contributed by atoms with Gasteiger partial charge < -0.3 is 9.64 Å². The molecule has 1 aliphatic heterocycles. The molecule has 1 aliphatic rings. The number of likely N-dealkylation sites (tertiary alicyclic amines) is 1. The summed E-state index contributed by atoms with van der Waals surface area (Å²) in [5.41, 5.74) is 1.26. The lowest BCUT2D eigenvalue weighted by atomic mass is 9.93. The van der Waals surface area contributed by atoms with Crippen LogP contribution in [0.25, 0.3) is 11.3 Å². The van der Waals surface area contributed by atoms with Crippen LogP contribution in [0.15, 0.2) is 30.3 Å². The predicted octanol–water partition coefficient (Wildman–Crippen LogP) is 3.49. The summed E-state index contributed by atoms with van der Waals surface area (Å²) in [5.74, 6) is 0.109. The molecule has 0 saturated carbocycles. The van der Waals surface area contributed by atoms with Crippen molar-refractivity contribution >= 4 is 5.91 Å². The van der Waals surface area contributed by atoms with Crippen LogP contribution in [0.4, 0.5) is 4.39 Å². The topological polar surface area (TPSA) is 58.2 Å². The number of H-pyrrole nitrogens is 1. The number of hydrogen-bond donors (Lipinski definition) is 1. The summed E-state index contributed by atoms with van der Waals surface area (Å²) in [5, 5.41) is 6.88. The number of methoxy groups -OCH3 is 1. The second-order valence-electron chi connectivity index (χ2n) is 6.54. The lowest BCUT2D eigenvalue weighted by molar-refractivity contribution is 0.0654. The molecule has 1 N–H and O–H groups in total. The Balaban J connectivity index is 1.66. The Kier molecular flexibility index (Phi) is 5.81.